The van der Waals surface area contributed by atoms with Gasteiger partial charge in [0.2, 0.25) is 5.91 Å². The Hall–Kier alpha value is -2.20. The van der Waals surface area contributed by atoms with E-state index in [0.29, 0.717) is 12.3 Å². The summed E-state index contributed by atoms with van der Waals surface area (Å²) in [6, 6.07) is 14.0. The Morgan fingerprint density at radius 2 is 2.13 bits per heavy atom. The average Bonchev–Trinajstić information content (AvgIpc) is 3.09. The number of benzene rings is 1. The largest absolute Gasteiger partial charge is 0.381 e. The second-order valence-electron chi connectivity index (χ2n) is 6.03. The molecule has 1 amide bonds. The summed E-state index contributed by atoms with van der Waals surface area (Å²) in [5, 5.41) is 3.19. The molecule has 0 bridgehead atoms. The maximum Gasteiger partial charge on any atom is 0.224 e. The smallest absolute Gasteiger partial charge is 0.224 e. The Labute approximate surface area is 136 Å². The quantitative estimate of drug-likeness (QED) is 0.892. The fraction of sp³-hybridized carbons (Fsp3) is 0.368. The van der Waals surface area contributed by atoms with Crippen molar-refractivity contribution in [2.45, 2.75) is 25.3 Å². The second-order valence-corrected chi connectivity index (χ2v) is 6.03. The second kappa shape index (κ2) is 7.88. The van der Waals surface area contributed by atoms with Crippen molar-refractivity contribution in [1.29, 1.82) is 0 Å². The van der Waals surface area contributed by atoms with Crippen molar-refractivity contribution in [2.75, 3.05) is 13.2 Å². The summed E-state index contributed by atoms with van der Waals surface area (Å²) >= 11 is 0. The topological polar surface area (TPSA) is 51.2 Å². The van der Waals surface area contributed by atoms with Gasteiger partial charge < -0.3 is 10.1 Å². The summed E-state index contributed by atoms with van der Waals surface area (Å²) < 4.78 is 5.47. The first kappa shape index (κ1) is 15.7. The number of pyridine rings is 1. The highest BCUT2D eigenvalue weighted by Crippen LogP contribution is 2.26. The third kappa shape index (κ3) is 4.63. The van der Waals surface area contributed by atoms with Crippen molar-refractivity contribution in [2.24, 2.45) is 5.92 Å². The molecule has 1 aromatic heterocycles. The van der Waals surface area contributed by atoms with E-state index in [4.69, 9.17) is 4.74 Å². The zero-order valence-corrected chi connectivity index (χ0v) is 13.2. The van der Waals surface area contributed by atoms with Crippen molar-refractivity contribution in [3.05, 3.63) is 66.0 Å². The van der Waals surface area contributed by atoms with E-state index in [0.717, 1.165) is 37.2 Å². The van der Waals surface area contributed by atoms with Gasteiger partial charge in [-0.25, -0.2) is 0 Å². The highest BCUT2D eigenvalue weighted by atomic mass is 16.5. The van der Waals surface area contributed by atoms with Crippen LogP contribution in [0, 0.1) is 5.92 Å². The molecule has 1 aliphatic heterocycles. The third-order valence-electron chi connectivity index (χ3n) is 4.22. The number of aromatic nitrogens is 1. The molecule has 3 rings (SSSR count). The molecule has 23 heavy (non-hydrogen) atoms. The van der Waals surface area contributed by atoms with Gasteiger partial charge in [0.05, 0.1) is 12.5 Å². The van der Waals surface area contributed by atoms with Crippen molar-refractivity contribution in [1.82, 2.24) is 10.3 Å². The first-order valence-electron chi connectivity index (χ1n) is 8.12. The van der Waals surface area contributed by atoms with Gasteiger partial charge in [-0.05, 0) is 36.0 Å². The van der Waals surface area contributed by atoms with Gasteiger partial charge in [-0.2, -0.15) is 0 Å². The maximum absolute atomic E-state index is 12.4. The van der Waals surface area contributed by atoms with Gasteiger partial charge in [0.25, 0.3) is 0 Å². The molecule has 1 saturated heterocycles. The number of ether oxygens (including phenoxy) is 1. The minimum absolute atomic E-state index is 0.0331. The minimum Gasteiger partial charge on any atom is -0.381 e. The van der Waals surface area contributed by atoms with E-state index in [1.807, 2.05) is 30.3 Å². The number of hydrogen-bond acceptors (Lipinski definition) is 3. The average molecular weight is 310 g/mol. The van der Waals surface area contributed by atoms with Gasteiger partial charge in [0, 0.05) is 25.6 Å². The first-order chi connectivity index (χ1) is 11.3. The molecule has 0 radical (unpaired) electrons. The van der Waals surface area contributed by atoms with Crippen LogP contribution in [-0.4, -0.2) is 24.1 Å². The Bertz CT molecular complexity index is 610. The lowest BCUT2D eigenvalue weighted by atomic mass is 9.94. The normalized spacial score (nSPS) is 18.5. The predicted molar refractivity (Wildman–Crippen MR) is 88.8 cm³/mol. The molecule has 4 heteroatoms. The highest BCUT2D eigenvalue weighted by Gasteiger charge is 2.23. The molecule has 1 N–H and O–H groups in total. The monoisotopic (exact) mass is 310 g/mol. The van der Waals surface area contributed by atoms with Crippen LogP contribution in [0.25, 0.3) is 0 Å². The van der Waals surface area contributed by atoms with Crippen LogP contribution in [0.3, 0.4) is 0 Å². The molecule has 0 spiro atoms. The van der Waals surface area contributed by atoms with E-state index >= 15 is 0 Å². The van der Waals surface area contributed by atoms with Crippen LogP contribution in [0.5, 0.6) is 0 Å². The van der Waals surface area contributed by atoms with Crippen molar-refractivity contribution in [3.63, 3.8) is 0 Å². The van der Waals surface area contributed by atoms with Gasteiger partial charge in [-0.3, -0.25) is 9.78 Å². The van der Waals surface area contributed by atoms with Gasteiger partial charge in [-0.15, -0.1) is 0 Å². The molecule has 0 aliphatic carbocycles. The number of amides is 1. The first-order valence-corrected chi connectivity index (χ1v) is 8.12. The Kier molecular flexibility index (Phi) is 5.37. The van der Waals surface area contributed by atoms with E-state index in [1.165, 1.54) is 0 Å². The van der Waals surface area contributed by atoms with Crippen LogP contribution >= 0.6 is 0 Å². The Morgan fingerprint density at radius 1 is 1.26 bits per heavy atom. The molecule has 1 aromatic carbocycles. The van der Waals surface area contributed by atoms with Gasteiger partial charge in [0.1, 0.15) is 0 Å². The van der Waals surface area contributed by atoms with E-state index in [1.54, 1.807) is 12.4 Å². The molecule has 4 nitrogen and oxygen atoms in total. The van der Waals surface area contributed by atoms with Crippen LogP contribution in [-0.2, 0) is 16.0 Å². The number of carbonyl (C=O) groups is 1. The molecule has 0 unspecified atom stereocenters. The van der Waals surface area contributed by atoms with Crippen LogP contribution < -0.4 is 5.32 Å². The summed E-state index contributed by atoms with van der Waals surface area (Å²) in [5.41, 5.74) is 2.08. The van der Waals surface area contributed by atoms with Crippen LogP contribution in [0.15, 0.2) is 54.9 Å². The van der Waals surface area contributed by atoms with Gasteiger partial charge >= 0.3 is 0 Å². The van der Waals surface area contributed by atoms with Gasteiger partial charge in [-0.1, -0.05) is 36.4 Å². The van der Waals surface area contributed by atoms with E-state index in [2.05, 4.69) is 22.4 Å². The maximum atomic E-state index is 12.4. The molecule has 120 valence electrons. The number of hydrogen-bond donors (Lipinski definition) is 1. The molecule has 2 atom stereocenters. The summed E-state index contributed by atoms with van der Waals surface area (Å²) in [5.74, 6) is 0.546. The fourth-order valence-electron chi connectivity index (χ4n) is 3.00. The van der Waals surface area contributed by atoms with E-state index in [-0.39, 0.29) is 11.9 Å². The lowest BCUT2D eigenvalue weighted by Gasteiger charge is -2.22. The molecule has 1 fully saturated rings. The number of nitrogens with zero attached hydrogens (tertiary/aromatic N) is 1. The summed E-state index contributed by atoms with van der Waals surface area (Å²) in [7, 11) is 0. The summed E-state index contributed by atoms with van der Waals surface area (Å²) in [6.07, 6.45) is 5.80. The molecule has 2 aromatic rings. The van der Waals surface area contributed by atoms with E-state index in [9.17, 15) is 4.79 Å². The number of nitrogens with one attached hydrogen (secondary N) is 1. The van der Waals surface area contributed by atoms with Crippen molar-refractivity contribution >= 4 is 5.91 Å². The van der Waals surface area contributed by atoms with Crippen LogP contribution in [0.1, 0.15) is 30.0 Å². The molecular formula is C19H22N2O2. The zero-order chi connectivity index (χ0) is 15.9. The van der Waals surface area contributed by atoms with Crippen LogP contribution in [0.2, 0.25) is 0 Å². The molecular weight excluding hydrogens is 288 g/mol. The lowest BCUT2D eigenvalue weighted by Crippen LogP contribution is -2.31. The van der Waals surface area contributed by atoms with E-state index < -0.39 is 0 Å². The zero-order valence-electron chi connectivity index (χ0n) is 13.2. The highest BCUT2D eigenvalue weighted by molar-refractivity contribution is 5.78. The Morgan fingerprint density at radius 3 is 2.83 bits per heavy atom. The Balaban J connectivity index is 1.66. The predicted octanol–water partition coefficient (Wildman–Crippen LogP) is 2.91. The van der Waals surface area contributed by atoms with Crippen molar-refractivity contribution < 1.29 is 9.53 Å². The minimum atomic E-state index is 0.0331. The number of carbonyl (C=O) groups excluding carboxylic acids is 1. The molecule has 0 saturated carbocycles. The third-order valence-corrected chi connectivity index (χ3v) is 4.22. The molecule has 1 aliphatic rings. The molecule has 2 heterocycles. The SMILES string of the molecule is O=C(Cc1cccnc1)N[C@@H](C[C@H]1CCOC1)c1ccccc1. The summed E-state index contributed by atoms with van der Waals surface area (Å²) in [6.45, 7) is 1.62. The fourth-order valence-corrected chi connectivity index (χ4v) is 3.00. The van der Waals surface area contributed by atoms with Gasteiger partial charge in [0.15, 0.2) is 0 Å². The van der Waals surface area contributed by atoms with Crippen molar-refractivity contribution in [3.8, 4) is 0 Å². The van der Waals surface area contributed by atoms with Crippen LogP contribution in [0.4, 0.5) is 0 Å². The standard InChI is InChI=1S/C19H22N2O2/c22-19(12-15-5-4-9-20-13-15)21-18(11-16-8-10-23-14-16)17-6-2-1-3-7-17/h1-7,9,13,16,18H,8,10-12,14H2,(H,21,22)/t16-,18+/m1/s1. The summed E-state index contributed by atoms with van der Waals surface area (Å²) in [4.78, 5) is 16.5. The lowest BCUT2D eigenvalue weighted by molar-refractivity contribution is -0.121. The number of rotatable bonds is 6.